The lowest BCUT2D eigenvalue weighted by molar-refractivity contribution is -0.116. The van der Waals surface area contributed by atoms with Gasteiger partial charge >= 0.3 is 5.97 Å². The van der Waals surface area contributed by atoms with Gasteiger partial charge in [-0.3, -0.25) is 19.0 Å². The molecule has 174 valence electrons. The number of amides is 2. The number of anilines is 1. The van der Waals surface area contributed by atoms with Gasteiger partial charge in [0.25, 0.3) is 11.5 Å². The molecule has 0 fully saturated rings. The number of ether oxygens (including phenoxy) is 2. The number of aryl methyl sites for hydroxylation is 2. The standard InChI is InChI=1S/C21H22N4O6S2/c1-10-14(21(29)31-7-6-30-2)19(33-16(10)17(22)27)24-13(26)8-25-9-23-18-15(20(25)28)11-4-3-5-12(11)32-18/h9H,3-8H2,1-2H3,(H2,22,27)(H,24,26). The number of carbonyl (C=O) groups excluding carboxylic acids is 3. The van der Waals surface area contributed by atoms with E-state index in [1.165, 1.54) is 34.2 Å². The molecular formula is C21H22N4O6S2. The van der Waals surface area contributed by atoms with Crippen molar-refractivity contribution in [2.75, 3.05) is 25.6 Å². The van der Waals surface area contributed by atoms with Crippen molar-refractivity contribution >= 4 is 55.7 Å². The summed E-state index contributed by atoms with van der Waals surface area (Å²) in [4.78, 5) is 56.5. The smallest absolute Gasteiger partial charge is 0.341 e. The number of nitrogens with one attached hydrogen (secondary N) is 1. The van der Waals surface area contributed by atoms with Crippen molar-refractivity contribution in [1.82, 2.24) is 9.55 Å². The fourth-order valence-corrected chi connectivity index (χ4v) is 6.11. The van der Waals surface area contributed by atoms with Crippen LogP contribution in [0.4, 0.5) is 5.00 Å². The highest BCUT2D eigenvalue weighted by molar-refractivity contribution is 7.19. The molecule has 0 aromatic carbocycles. The molecule has 3 heterocycles. The lowest BCUT2D eigenvalue weighted by Gasteiger charge is -2.09. The minimum Gasteiger partial charge on any atom is -0.460 e. The van der Waals surface area contributed by atoms with Gasteiger partial charge in [-0.15, -0.1) is 22.7 Å². The molecule has 3 aromatic rings. The van der Waals surface area contributed by atoms with Crippen LogP contribution in [0.1, 0.15) is 42.5 Å². The first-order chi connectivity index (χ1) is 15.8. The topological polar surface area (TPSA) is 143 Å². The zero-order valence-electron chi connectivity index (χ0n) is 18.1. The van der Waals surface area contributed by atoms with E-state index >= 15 is 0 Å². The quantitative estimate of drug-likeness (QED) is 0.362. The summed E-state index contributed by atoms with van der Waals surface area (Å²) in [6.07, 6.45) is 4.14. The van der Waals surface area contributed by atoms with E-state index in [9.17, 15) is 19.2 Å². The molecular weight excluding hydrogens is 468 g/mol. The second-order valence-electron chi connectivity index (χ2n) is 7.52. The van der Waals surface area contributed by atoms with Crippen LogP contribution in [0.3, 0.4) is 0 Å². The van der Waals surface area contributed by atoms with Gasteiger partial charge in [-0.05, 0) is 37.3 Å². The Bertz CT molecular complexity index is 1320. The summed E-state index contributed by atoms with van der Waals surface area (Å²) in [5, 5.41) is 3.33. The molecule has 0 aliphatic heterocycles. The lowest BCUT2D eigenvalue weighted by atomic mass is 10.1. The van der Waals surface area contributed by atoms with Crippen LogP contribution < -0.4 is 16.6 Å². The fourth-order valence-electron chi connectivity index (χ4n) is 3.83. The number of nitrogens with zero attached hydrogens (tertiary/aromatic N) is 2. The predicted octanol–water partition coefficient (Wildman–Crippen LogP) is 1.86. The lowest BCUT2D eigenvalue weighted by Crippen LogP contribution is -2.28. The first-order valence-electron chi connectivity index (χ1n) is 10.2. The Morgan fingerprint density at radius 2 is 2.03 bits per heavy atom. The van der Waals surface area contributed by atoms with E-state index in [1.54, 1.807) is 6.92 Å². The Kier molecular flexibility index (Phi) is 6.58. The highest BCUT2D eigenvalue weighted by atomic mass is 32.1. The molecule has 0 bridgehead atoms. The van der Waals surface area contributed by atoms with Crippen molar-refractivity contribution < 1.29 is 23.9 Å². The molecule has 0 saturated carbocycles. The van der Waals surface area contributed by atoms with E-state index < -0.39 is 17.8 Å². The van der Waals surface area contributed by atoms with Gasteiger partial charge in [0.2, 0.25) is 5.91 Å². The summed E-state index contributed by atoms with van der Waals surface area (Å²) in [5.41, 5.74) is 6.54. The van der Waals surface area contributed by atoms with Gasteiger partial charge in [0, 0.05) is 12.0 Å². The van der Waals surface area contributed by atoms with Crippen molar-refractivity contribution in [1.29, 1.82) is 0 Å². The van der Waals surface area contributed by atoms with Crippen molar-refractivity contribution in [2.24, 2.45) is 5.73 Å². The van der Waals surface area contributed by atoms with E-state index in [-0.39, 0.29) is 40.8 Å². The number of esters is 1. The fraction of sp³-hybridized carbons (Fsp3) is 0.381. The monoisotopic (exact) mass is 490 g/mol. The molecule has 1 aliphatic carbocycles. The first kappa shape index (κ1) is 23.1. The molecule has 2 amide bonds. The molecule has 10 nitrogen and oxygen atoms in total. The highest BCUT2D eigenvalue weighted by Crippen LogP contribution is 2.35. The number of hydrogen-bond acceptors (Lipinski definition) is 9. The second kappa shape index (κ2) is 9.41. The van der Waals surface area contributed by atoms with Crippen molar-refractivity contribution in [3.05, 3.63) is 43.1 Å². The minimum atomic E-state index is -0.721. The highest BCUT2D eigenvalue weighted by Gasteiger charge is 2.26. The normalized spacial score (nSPS) is 12.7. The third kappa shape index (κ3) is 4.41. The zero-order chi connectivity index (χ0) is 23.7. The summed E-state index contributed by atoms with van der Waals surface area (Å²) < 4.78 is 11.3. The maximum Gasteiger partial charge on any atom is 0.341 e. The third-order valence-corrected chi connectivity index (χ3v) is 7.78. The number of fused-ring (bicyclic) bond motifs is 3. The molecule has 33 heavy (non-hydrogen) atoms. The van der Waals surface area contributed by atoms with Gasteiger partial charge < -0.3 is 20.5 Å². The van der Waals surface area contributed by atoms with Crippen molar-refractivity contribution in [3.8, 4) is 0 Å². The number of rotatable bonds is 8. The van der Waals surface area contributed by atoms with Crippen LogP contribution in [0, 0.1) is 6.92 Å². The molecule has 0 saturated heterocycles. The van der Waals surface area contributed by atoms with E-state index in [2.05, 4.69) is 10.3 Å². The summed E-state index contributed by atoms with van der Waals surface area (Å²) >= 11 is 2.41. The summed E-state index contributed by atoms with van der Waals surface area (Å²) in [6.45, 7) is 1.46. The largest absolute Gasteiger partial charge is 0.460 e. The SMILES string of the molecule is COCCOC(=O)c1c(NC(=O)Cn2cnc3sc4c(c3c2=O)CCC4)sc(C(N)=O)c1C. The van der Waals surface area contributed by atoms with Crippen LogP contribution in [0.25, 0.3) is 10.2 Å². The molecule has 1 aliphatic rings. The number of thiophene rings is 2. The van der Waals surface area contributed by atoms with E-state index in [1.807, 2.05) is 0 Å². The van der Waals surface area contributed by atoms with Crippen molar-refractivity contribution in [3.63, 3.8) is 0 Å². The summed E-state index contributed by atoms with van der Waals surface area (Å²) in [6, 6.07) is 0. The Labute approximate surface area is 196 Å². The van der Waals surface area contributed by atoms with Crippen molar-refractivity contribution in [2.45, 2.75) is 32.7 Å². The van der Waals surface area contributed by atoms with Gasteiger partial charge in [0.1, 0.15) is 23.0 Å². The van der Waals surface area contributed by atoms with Crippen LogP contribution in [-0.4, -0.2) is 47.7 Å². The average molecular weight is 491 g/mol. The molecule has 0 radical (unpaired) electrons. The number of aromatic nitrogens is 2. The van der Waals surface area contributed by atoms with Crippen LogP contribution in [0.15, 0.2) is 11.1 Å². The molecule has 0 unspecified atom stereocenters. The van der Waals surface area contributed by atoms with Gasteiger partial charge in [-0.2, -0.15) is 0 Å². The maximum atomic E-state index is 13.0. The second-order valence-corrected chi connectivity index (χ2v) is 9.62. The third-order valence-electron chi connectivity index (χ3n) is 5.35. The number of hydrogen-bond donors (Lipinski definition) is 2. The molecule has 0 spiro atoms. The minimum absolute atomic E-state index is 0.00987. The molecule has 12 heteroatoms. The van der Waals surface area contributed by atoms with E-state index in [0.717, 1.165) is 36.2 Å². The molecule has 0 atom stereocenters. The van der Waals surface area contributed by atoms with Gasteiger partial charge in [0.05, 0.1) is 28.8 Å². The summed E-state index contributed by atoms with van der Waals surface area (Å²) in [7, 11) is 1.47. The predicted molar refractivity (Wildman–Crippen MR) is 124 cm³/mol. The average Bonchev–Trinajstić information content (AvgIpc) is 3.43. The summed E-state index contributed by atoms with van der Waals surface area (Å²) in [5.74, 6) is -1.98. The Balaban J connectivity index is 1.59. The van der Waals surface area contributed by atoms with Gasteiger partial charge in [0.15, 0.2) is 0 Å². The molecule has 3 aromatic heterocycles. The molecule has 4 rings (SSSR count). The zero-order valence-corrected chi connectivity index (χ0v) is 19.7. The Morgan fingerprint density at radius 3 is 2.76 bits per heavy atom. The van der Waals surface area contributed by atoms with E-state index in [0.29, 0.717) is 15.8 Å². The van der Waals surface area contributed by atoms with Crippen LogP contribution >= 0.6 is 22.7 Å². The van der Waals surface area contributed by atoms with E-state index in [4.69, 9.17) is 15.2 Å². The van der Waals surface area contributed by atoms with Gasteiger partial charge in [-0.1, -0.05) is 0 Å². The number of primary amides is 1. The van der Waals surface area contributed by atoms with Gasteiger partial charge in [-0.25, -0.2) is 9.78 Å². The molecule has 3 N–H and O–H groups in total. The van der Waals surface area contributed by atoms with Crippen LogP contribution in [-0.2, 0) is 33.7 Å². The van der Waals surface area contributed by atoms with Crippen LogP contribution in [0.5, 0.6) is 0 Å². The van der Waals surface area contributed by atoms with Crippen LogP contribution in [0.2, 0.25) is 0 Å². The number of nitrogens with two attached hydrogens (primary N) is 1. The maximum absolute atomic E-state index is 13.0. The number of carbonyl (C=O) groups is 3. The number of methoxy groups -OCH3 is 1. The Hall–Kier alpha value is -3.09. The first-order valence-corrected chi connectivity index (χ1v) is 11.8. The Morgan fingerprint density at radius 1 is 1.24 bits per heavy atom.